The molecule has 0 heterocycles. The maximum atomic E-state index is 13.9. The minimum Gasteiger partial charge on any atom is -0.384 e. The van der Waals surface area contributed by atoms with E-state index >= 15 is 0 Å². The number of nitrogens with one attached hydrogen (secondary N) is 1. The van der Waals surface area contributed by atoms with Gasteiger partial charge in [-0.05, 0) is 43.9 Å². The molecule has 1 aliphatic carbocycles. The van der Waals surface area contributed by atoms with Gasteiger partial charge in [-0.3, -0.25) is 4.79 Å². The van der Waals surface area contributed by atoms with Gasteiger partial charge in [-0.25, -0.2) is 4.39 Å². The second-order valence-electron chi connectivity index (χ2n) is 5.11. The number of amides is 1. The fraction of sp³-hybridized carbons (Fsp3) is 0.438. The van der Waals surface area contributed by atoms with E-state index in [4.69, 9.17) is 5.11 Å². The van der Waals surface area contributed by atoms with Crippen molar-refractivity contribution in [2.24, 2.45) is 5.92 Å². The fourth-order valence-corrected chi connectivity index (χ4v) is 2.26. The van der Waals surface area contributed by atoms with Gasteiger partial charge in [0, 0.05) is 11.6 Å². The van der Waals surface area contributed by atoms with Crippen molar-refractivity contribution >= 4 is 5.91 Å². The molecule has 20 heavy (non-hydrogen) atoms. The smallest absolute Gasteiger partial charge is 0.254 e. The summed E-state index contributed by atoms with van der Waals surface area (Å²) in [7, 11) is 0. The number of aliphatic hydroxyl groups excluding tert-OH is 1. The van der Waals surface area contributed by atoms with Crippen LogP contribution in [0.25, 0.3) is 0 Å². The van der Waals surface area contributed by atoms with Gasteiger partial charge in [-0.2, -0.15) is 0 Å². The topological polar surface area (TPSA) is 49.3 Å². The zero-order valence-corrected chi connectivity index (χ0v) is 11.4. The van der Waals surface area contributed by atoms with E-state index in [2.05, 4.69) is 17.2 Å². The highest BCUT2D eigenvalue weighted by molar-refractivity contribution is 5.94. The Balaban J connectivity index is 2.05. The van der Waals surface area contributed by atoms with Gasteiger partial charge in [0.15, 0.2) is 0 Å². The summed E-state index contributed by atoms with van der Waals surface area (Å²) in [5.74, 6) is 4.58. The second-order valence-corrected chi connectivity index (χ2v) is 5.11. The van der Waals surface area contributed by atoms with Crippen molar-refractivity contribution in [3.05, 3.63) is 35.1 Å². The van der Waals surface area contributed by atoms with Crippen molar-refractivity contribution in [1.29, 1.82) is 0 Å². The first kappa shape index (κ1) is 14.5. The molecule has 4 heteroatoms. The first-order chi connectivity index (χ1) is 9.61. The predicted octanol–water partition coefficient (Wildman–Crippen LogP) is 2.09. The molecule has 2 rings (SSSR count). The van der Waals surface area contributed by atoms with Gasteiger partial charge >= 0.3 is 0 Å². The number of carbonyl (C=O) groups excluding carboxylic acids is 1. The van der Waals surface area contributed by atoms with Gasteiger partial charge in [0.25, 0.3) is 5.91 Å². The van der Waals surface area contributed by atoms with Crippen LogP contribution in [-0.2, 0) is 0 Å². The lowest BCUT2D eigenvalue weighted by Gasteiger charge is -2.31. The molecule has 0 bridgehead atoms. The number of halogens is 1. The van der Waals surface area contributed by atoms with Crippen molar-refractivity contribution in [3.63, 3.8) is 0 Å². The van der Waals surface area contributed by atoms with E-state index in [0.29, 0.717) is 11.5 Å². The third-order valence-electron chi connectivity index (χ3n) is 3.74. The molecule has 1 aromatic carbocycles. The number of hydrogen-bond donors (Lipinski definition) is 2. The Bertz CT molecular complexity index is 555. The molecule has 1 amide bonds. The molecule has 1 aliphatic rings. The number of carbonyl (C=O) groups is 1. The molecule has 1 saturated carbocycles. The van der Waals surface area contributed by atoms with Crippen LogP contribution in [-0.4, -0.2) is 23.7 Å². The van der Waals surface area contributed by atoms with E-state index in [1.54, 1.807) is 6.07 Å². The zero-order valence-electron chi connectivity index (χ0n) is 11.4. The summed E-state index contributed by atoms with van der Waals surface area (Å²) in [6, 6.07) is 4.30. The lowest BCUT2D eigenvalue weighted by molar-refractivity contribution is 0.0905. The van der Waals surface area contributed by atoms with Crippen molar-refractivity contribution in [3.8, 4) is 11.8 Å². The molecule has 0 aromatic heterocycles. The second kappa shape index (κ2) is 6.53. The average molecular weight is 275 g/mol. The van der Waals surface area contributed by atoms with Crippen molar-refractivity contribution < 1.29 is 14.3 Å². The SMILES string of the molecule is CC(NC(=O)c1ccc(C#CCO)cc1F)C1CCC1. The minimum atomic E-state index is -0.590. The number of benzene rings is 1. The van der Waals surface area contributed by atoms with E-state index in [0.717, 1.165) is 12.8 Å². The highest BCUT2D eigenvalue weighted by atomic mass is 19.1. The summed E-state index contributed by atoms with van der Waals surface area (Å²) in [6.07, 6.45) is 3.46. The molecule has 1 aromatic rings. The van der Waals surface area contributed by atoms with E-state index < -0.39 is 5.82 Å². The fourth-order valence-electron chi connectivity index (χ4n) is 2.26. The lowest BCUT2D eigenvalue weighted by Crippen LogP contribution is -2.40. The van der Waals surface area contributed by atoms with Crippen molar-refractivity contribution in [1.82, 2.24) is 5.32 Å². The van der Waals surface area contributed by atoms with Crippen LogP contribution in [0.4, 0.5) is 4.39 Å². The number of hydrogen-bond acceptors (Lipinski definition) is 2. The summed E-state index contributed by atoms with van der Waals surface area (Å²) in [4.78, 5) is 12.0. The van der Waals surface area contributed by atoms with Gasteiger partial charge in [-0.1, -0.05) is 18.3 Å². The number of aliphatic hydroxyl groups is 1. The molecule has 106 valence electrons. The molecule has 2 N–H and O–H groups in total. The molecule has 0 aliphatic heterocycles. The maximum absolute atomic E-state index is 13.9. The van der Waals surface area contributed by atoms with E-state index in [-0.39, 0.29) is 24.1 Å². The Kier molecular flexibility index (Phi) is 4.75. The van der Waals surface area contributed by atoms with Gasteiger partial charge in [0.05, 0.1) is 5.56 Å². The predicted molar refractivity (Wildman–Crippen MR) is 74.6 cm³/mol. The molecule has 1 atom stereocenters. The average Bonchev–Trinajstić information content (AvgIpc) is 2.33. The van der Waals surface area contributed by atoms with Crippen molar-refractivity contribution in [2.75, 3.05) is 6.61 Å². The van der Waals surface area contributed by atoms with Crippen LogP contribution in [0, 0.1) is 23.6 Å². The Morgan fingerprint density at radius 1 is 1.55 bits per heavy atom. The van der Waals surface area contributed by atoms with Crippen LogP contribution in [0.15, 0.2) is 18.2 Å². The molecule has 0 radical (unpaired) electrons. The van der Waals surface area contributed by atoms with Gasteiger partial charge < -0.3 is 10.4 Å². The highest BCUT2D eigenvalue weighted by Gasteiger charge is 2.25. The Morgan fingerprint density at radius 3 is 2.85 bits per heavy atom. The molecule has 1 unspecified atom stereocenters. The standard InChI is InChI=1S/C16H18FNO2/c1-11(13-5-2-6-13)18-16(20)14-8-7-12(4-3-9-19)10-15(14)17/h7-8,10-11,13,19H,2,5-6,9H2,1H3,(H,18,20). The van der Waals surface area contributed by atoms with Crippen LogP contribution < -0.4 is 5.32 Å². The zero-order chi connectivity index (χ0) is 14.5. The summed E-state index contributed by atoms with van der Waals surface area (Å²) in [6.45, 7) is 1.68. The van der Waals surface area contributed by atoms with E-state index in [1.165, 1.54) is 18.6 Å². The third kappa shape index (κ3) is 3.37. The van der Waals surface area contributed by atoms with Gasteiger partial charge in [0.2, 0.25) is 0 Å². The van der Waals surface area contributed by atoms with Crippen LogP contribution in [0.5, 0.6) is 0 Å². The minimum absolute atomic E-state index is 0.0331. The number of rotatable bonds is 3. The highest BCUT2D eigenvalue weighted by Crippen LogP contribution is 2.29. The Morgan fingerprint density at radius 2 is 2.30 bits per heavy atom. The van der Waals surface area contributed by atoms with Crippen molar-refractivity contribution in [2.45, 2.75) is 32.2 Å². The molecule has 1 fully saturated rings. The lowest BCUT2D eigenvalue weighted by atomic mass is 9.80. The third-order valence-corrected chi connectivity index (χ3v) is 3.74. The normalized spacial score (nSPS) is 15.8. The van der Waals surface area contributed by atoms with Crippen LogP contribution >= 0.6 is 0 Å². The molecular weight excluding hydrogens is 257 g/mol. The van der Waals surface area contributed by atoms with Crippen LogP contribution in [0.1, 0.15) is 42.1 Å². The first-order valence-corrected chi connectivity index (χ1v) is 6.82. The summed E-state index contributed by atoms with van der Waals surface area (Å²) in [5, 5.41) is 11.4. The summed E-state index contributed by atoms with van der Waals surface area (Å²) >= 11 is 0. The molecule has 0 spiro atoms. The summed E-state index contributed by atoms with van der Waals surface area (Å²) in [5.41, 5.74) is 0.478. The Hall–Kier alpha value is -1.86. The molecule has 3 nitrogen and oxygen atoms in total. The quantitative estimate of drug-likeness (QED) is 0.830. The maximum Gasteiger partial charge on any atom is 0.254 e. The molecule has 0 saturated heterocycles. The first-order valence-electron chi connectivity index (χ1n) is 6.82. The monoisotopic (exact) mass is 275 g/mol. The van der Waals surface area contributed by atoms with Crippen LogP contribution in [0.2, 0.25) is 0 Å². The largest absolute Gasteiger partial charge is 0.384 e. The van der Waals surface area contributed by atoms with Gasteiger partial charge in [0.1, 0.15) is 12.4 Å². The van der Waals surface area contributed by atoms with E-state index in [1.807, 2.05) is 6.92 Å². The van der Waals surface area contributed by atoms with Gasteiger partial charge in [-0.15, -0.1) is 0 Å². The molecular formula is C16H18FNO2. The van der Waals surface area contributed by atoms with E-state index in [9.17, 15) is 9.18 Å². The summed E-state index contributed by atoms with van der Waals surface area (Å²) < 4.78 is 13.9. The van der Waals surface area contributed by atoms with Crippen LogP contribution in [0.3, 0.4) is 0 Å². The Labute approximate surface area is 118 Å².